The van der Waals surface area contributed by atoms with Crippen molar-refractivity contribution in [2.75, 3.05) is 13.1 Å². The number of aromatic nitrogens is 1. The van der Waals surface area contributed by atoms with Gasteiger partial charge in [0.25, 0.3) is 5.91 Å². The zero-order chi connectivity index (χ0) is 25.1. The van der Waals surface area contributed by atoms with E-state index in [0.717, 1.165) is 21.4 Å². The number of nitrogens with one attached hydrogen (secondary N) is 2. The van der Waals surface area contributed by atoms with Crippen LogP contribution in [-0.2, 0) is 20.8 Å². The van der Waals surface area contributed by atoms with Crippen LogP contribution in [0, 0.1) is 0 Å². The van der Waals surface area contributed by atoms with Crippen LogP contribution in [0.5, 0.6) is 0 Å². The molecule has 0 spiro atoms. The van der Waals surface area contributed by atoms with Gasteiger partial charge in [0.05, 0.1) is 5.57 Å². The largest absolute Gasteiger partial charge is 0.479 e. The summed E-state index contributed by atoms with van der Waals surface area (Å²) in [5.74, 6) is -2.06. The van der Waals surface area contributed by atoms with Gasteiger partial charge in [-0.05, 0) is 29.2 Å². The topological polar surface area (TPSA) is 102 Å². The van der Waals surface area contributed by atoms with Gasteiger partial charge in [0.1, 0.15) is 6.54 Å². The minimum atomic E-state index is -1.27. The van der Waals surface area contributed by atoms with Crippen molar-refractivity contribution in [3.63, 3.8) is 0 Å². The number of rotatable bonds is 8. The van der Waals surface area contributed by atoms with E-state index < -0.39 is 23.8 Å². The second-order valence-corrected chi connectivity index (χ2v) is 8.65. The van der Waals surface area contributed by atoms with Crippen LogP contribution in [0.15, 0.2) is 91.1 Å². The predicted molar refractivity (Wildman–Crippen MR) is 138 cm³/mol. The smallest absolute Gasteiger partial charge is 0.331 e. The number of carbonyl (C=O) groups excluding carboxylic acids is 2. The van der Waals surface area contributed by atoms with E-state index in [1.165, 1.54) is 0 Å². The third kappa shape index (κ3) is 4.38. The molecule has 1 unspecified atom stereocenters. The van der Waals surface area contributed by atoms with E-state index in [0.29, 0.717) is 35.2 Å². The summed E-state index contributed by atoms with van der Waals surface area (Å²) in [5, 5.41) is 14.1. The Bertz CT molecular complexity index is 1460. The molecule has 7 heteroatoms. The molecule has 0 saturated carbocycles. The van der Waals surface area contributed by atoms with Crippen molar-refractivity contribution < 1.29 is 19.5 Å². The average Bonchev–Trinajstić information content (AvgIpc) is 3.44. The van der Waals surface area contributed by atoms with Gasteiger partial charge in [-0.25, -0.2) is 4.79 Å². The second-order valence-electron chi connectivity index (χ2n) is 8.65. The molecule has 0 fully saturated rings. The predicted octanol–water partition coefficient (Wildman–Crippen LogP) is 3.73. The maximum absolute atomic E-state index is 13.6. The van der Waals surface area contributed by atoms with Crippen LogP contribution < -0.4 is 5.32 Å². The van der Waals surface area contributed by atoms with Crippen LogP contribution in [0.3, 0.4) is 0 Å². The summed E-state index contributed by atoms with van der Waals surface area (Å²) in [5.41, 5.74) is 4.06. The maximum atomic E-state index is 13.6. The number of carboxylic acid groups (broad SMARTS) is 1. The van der Waals surface area contributed by atoms with Crippen LogP contribution in [0.2, 0.25) is 0 Å². The first-order chi connectivity index (χ1) is 17.5. The number of benzene rings is 3. The molecule has 0 aliphatic carbocycles. The molecule has 0 saturated heterocycles. The molecule has 1 aromatic heterocycles. The van der Waals surface area contributed by atoms with E-state index in [1.807, 2.05) is 42.6 Å². The summed E-state index contributed by atoms with van der Waals surface area (Å²) in [6.07, 6.45) is 2.53. The van der Waals surface area contributed by atoms with Gasteiger partial charge in [-0.3, -0.25) is 9.59 Å². The van der Waals surface area contributed by atoms with Crippen molar-refractivity contribution in [1.82, 2.24) is 15.2 Å². The SMILES string of the molecule is O=C(CN1C(=O)C(c2ccccc2)=C(c2ccccc2)C1C(=O)O)NCCc1c[nH]c2ccccc12. The van der Waals surface area contributed by atoms with E-state index in [1.54, 1.807) is 48.5 Å². The molecule has 1 aliphatic rings. The summed E-state index contributed by atoms with van der Waals surface area (Å²) in [7, 11) is 0. The number of aromatic amines is 1. The highest BCUT2D eigenvalue weighted by Crippen LogP contribution is 2.39. The highest BCUT2D eigenvalue weighted by Gasteiger charge is 2.45. The van der Waals surface area contributed by atoms with Crippen molar-refractivity contribution >= 4 is 39.8 Å². The fourth-order valence-corrected chi connectivity index (χ4v) is 4.78. The molecular formula is C29H25N3O4. The highest BCUT2D eigenvalue weighted by atomic mass is 16.4. The van der Waals surface area contributed by atoms with Crippen molar-refractivity contribution in [2.24, 2.45) is 0 Å². The number of hydrogen-bond acceptors (Lipinski definition) is 3. The minimum absolute atomic E-state index is 0.306. The molecule has 1 atom stereocenters. The zero-order valence-electron chi connectivity index (χ0n) is 19.5. The Morgan fingerprint density at radius 2 is 1.53 bits per heavy atom. The Hall–Kier alpha value is -4.65. The molecule has 36 heavy (non-hydrogen) atoms. The van der Waals surface area contributed by atoms with Gasteiger partial charge in [0.15, 0.2) is 6.04 Å². The number of hydrogen-bond donors (Lipinski definition) is 3. The molecule has 0 radical (unpaired) electrons. The normalized spacial score (nSPS) is 15.5. The standard InChI is InChI=1S/C29H25N3O4/c33-24(30-16-15-21-17-31-23-14-8-7-13-22(21)23)18-32-27(29(35)36)25(19-9-3-1-4-10-19)26(28(32)34)20-11-5-2-6-12-20/h1-14,17,27,31H,15-16,18H2,(H,30,33)(H,35,36). The van der Waals surface area contributed by atoms with E-state index in [4.69, 9.17) is 0 Å². The fraction of sp³-hybridized carbons (Fsp3) is 0.138. The lowest BCUT2D eigenvalue weighted by Gasteiger charge is -2.23. The number of fused-ring (bicyclic) bond motifs is 1. The van der Waals surface area contributed by atoms with E-state index in [-0.39, 0.29) is 6.54 Å². The average molecular weight is 480 g/mol. The van der Waals surface area contributed by atoms with Crippen molar-refractivity contribution in [1.29, 1.82) is 0 Å². The molecule has 4 aromatic rings. The third-order valence-electron chi connectivity index (χ3n) is 6.42. The second kappa shape index (κ2) is 9.92. The highest BCUT2D eigenvalue weighted by molar-refractivity contribution is 6.33. The van der Waals surface area contributed by atoms with Gasteiger partial charge in [-0.1, -0.05) is 78.9 Å². The lowest BCUT2D eigenvalue weighted by atomic mass is 9.93. The number of carbonyl (C=O) groups is 3. The van der Waals surface area contributed by atoms with E-state index in [9.17, 15) is 19.5 Å². The Balaban J connectivity index is 1.37. The Morgan fingerprint density at radius 1 is 0.889 bits per heavy atom. The van der Waals surface area contributed by atoms with Gasteiger partial charge in [0, 0.05) is 29.2 Å². The van der Waals surface area contributed by atoms with Crippen LogP contribution in [-0.4, -0.2) is 51.9 Å². The minimum Gasteiger partial charge on any atom is -0.479 e. The van der Waals surface area contributed by atoms with Crippen molar-refractivity contribution in [2.45, 2.75) is 12.5 Å². The monoisotopic (exact) mass is 479 g/mol. The lowest BCUT2D eigenvalue weighted by molar-refractivity contribution is -0.145. The molecule has 1 aliphatic heterocycles. The summed E-state index contributed by atoms with van der Waals surface area (Å²) < 4.78 is 0. The van der Waals surface area contributed by atoms with E-state index >= 15 is 0 Å². The van der Waals surface area contributed by atoms with Gasteiger partial charge in [-0.15, -0.1) is 0 Å². The molecule has 3 aromatic carbocycles. The van der Waals surface area contributed by atoms with Gasteiger partial charge < -0.3 is 20.3 Å². The molecule has 3 N–H and O–H groups in total. The van der Waals surface area contributed by atoms with Crippen LogP contribution in [0.1, 0.15) is 16.7 Å². The number of nitrogens with zero attached hydrogens (tertiary/aromatic N) is 1. The first-order valence-electron chi connectivity index (χ1n) is 11.7. The molecule has 0 bridgehead atoms. The number of aliphatic carboxylic acids is 1. The number of carboxylic acids is 1. The Morgan fingerprint density at radius 3 is 2.22 bits per heavy atom. The third-order valence-corrected chi connectivity index (χ3v) is 6.42. The first-order valence-corrected chi connectivity index (χ1v) is 11.7. The van der Waals surface area contributed by atoms with Crippen LogP contribution in [0.25, 0.3) is 22.0 Å². The molecule has 7 nitrogen and oxygen atoms in total. The van der Waals surface area contributed by atoms with Crippen LogP contribution >= 0.6 is 0 Å². The molecule has 2 heterocycles. The Labute approximate surface area is 208 Å². The molecule has 2 amide bonds. The van der Waals surface area contributed by atoms with Crippen molar-refractivity contribution in [3.8, 4) is 0 Å². The maximum Gasteiger partial charge on any atom is 0.331 e. The Kier molecular flexibility index (Phi) is 6.36. The molecule has 5 rings (SSSR count). The fourth-order valence-electron chi connectivity index (χ4n) is 4.78. The quantitative estimate of drug-likeness (QED) is 0.358. The van der Waals surface area contributed by atoms with Crippen LogP contribution in [0.4, 0.5) is 0 Å². The lowest BCUT2D eigenvalue weighted by Crippen LogP contribution is -2.46. The van der Waals surface area contributed by atoms with Gasteiger partial charge in [-0.2, -0.15) is 0 Å². The van der Waals surface area contributed by atoms with Gasteiger partial charge >= 0.3 is 5.97 Å². The summed E-state index contributed by atoms with van der Waals surface area (Å²) in [6.45, 7) is 0.0152. The molecule has 180 valence electrons. The number of amides is 2. The summed E-state index contributed by atoms with van der Waals surface area (Å²) in [4.78, 5) is 43.2. The summed E-state index contributed by atoms with van der Waals surface area (Å²) in [6, 6.07) is 24.6. The zero-order valence-corrected chi connectivity index (χ0v) is 19.5. The summed E-state index contributed by atoms with van der Waals surface area (Å²) >= 11 is 0. The van der Waals surface area contributed by atoms with Crippen molar-refractivity contribution in [3.05, 3.63) is 108 Å². The number of H-pyrrole nitrogens is 1. The first kappa shape index (κ1) is 23.1. The van der Waals surface area contributed by atoms with Gasteiger partial charge in [0.2, 0.25) is 5.91 Å². The van der Waals surface area contributed by atoms with E-state index in [2.05, 4.69) is 10.3 Å². The molecular weight excluding hydrogens is 454 g/mol. The number of para-hydroxylation sites is 1.